The van der Waals surface area contributed by atoms with Crippen molar-refractivity contribution < 1.29 is 14.6 Å². The number of hydrogen-bond acceptors (Lipinski definition) is 7. The van der Waals surface area contributed by atoms with E-state index in [1.807, 2.05) is 0 Å². The Hall–Kier alpha value is -1.60. The van der Waals surface area contributed by atoms with Gasteiger partial charge in [0.05, 0.1) is 12.7 Å². The fraction of sp³-hybridized carbons (Fsp3) is 0.636. The normalized spacial score (nSPS) is 18.3. The Morgan fingerprint density at radius 2 is 2.22 bits per heavy atom. The first-order valence-corrected chi connectivity index (χ1v) is 5.84. The number of rotatable bonds is 4. The van der Waals surface area contributed by atoms with E-state index in [1.165, 1.54) is 7.11 Å². The largest absolute Gasteiger partial charge is 0.481 e. The first-order valence-electron chi connectivity index (χ1n) is 5.84. The minimum absolute atomic E-state index is 0.135. The van der Waals surface area contributed by atoms with Crippen LogP contribution in [0.1, 0.15) is 12.8 Å². The van der Waals surface area contributed by atoms with Crippen molar-refractivity contribution in [2.24, 2.45) is 0 Å². The van der Waals surface area contributed by atoms with Crippen molar-refractivity contribution in [3.05, 3.63) is 6.07 Å². The maximum absolute atomic E-state index is 10.3. The molecule has 7 nitrogen and oxygen atoms in total. The van der Waals surface area contributed by atoms with E-state index in [-0.39, 0.29) is 5.95 Å². The highest BCUT2D eigenvalue weighted by atomic mass is 16.5. The molecule has 7 heteroatoms. The van der Waals surface area contributed by atoms with Crippen molar-refractivity contribution in [2.45, 2.75) is 18.4 Å². The smallest absolute Gasteiger partial charge is 0.225 e. The second kappa shape index (κ2) is 5.36. The second-order valence-corrected chi connectivity index (χ2v) is 4.34. The molecule has 0 amide bonds. The molecule has 0 radical (unpaired) electrons. The van der Waals surface area contributed by atoms with E-state index >= 15 is 0 Å². The molecule has 1 aromatic heterocycles. The lowest BCUT2D eigenvalue weighted by molar-refractivity contribution is -0.0543. The summed E-state index contributed by atoms with van der Waals surface area (Å²) in [6.45, 7) is 1.55. The molecule has 0 atom stereocenters. The van der Waals surface area contributed by atoms with Gasteiger partial charge in [-0.3, -0.25) is 0 Å². The number of methoxy groups -OCH3 is 1. The van der Waals surface area contributed by atoms with Crippen molar-refractivity contribution in [1.82, 2.24) is 9.97 Å². The first kappa shape index (κ1) is 12.8. The van der Waals surface area contributed by atoms with Gasteiger partial charge in [-0.2, -0.15) is 9.97 Å². The summed E-state index contributed by atoms with van der Waals surface area (Å²) in [6, 6.07) is 1.64. The van der Waals surface area contributed by atoms with Crippen LogP contribution in [-0.4, -0.2) is 47.5 Å². The molecule has 0 unspecified atom stereocenters. The zero-order chi connectivity index (χ0) is 13.0. The van der Waals surface area contributed by atoms with Crippen molar-refractivity contribution in [2.75, 3.05) is 37.9 Å². The minimum Gasteiger partial charge on any atom is -0.481 e. The Labute approximate surface area is 105 Å². The zero-order valence-electron chi connectivity index (χ0n) is 10.3. The fourth-order valence-electron chi connectivity index (χ4n) is 1.82. The molecule has 0 saturated carbocycles. The van der Waals surface area contributed by atoms with Gasteiger partial charge < -0.3 is 25.6 Å². The summed E-state index contributed by atoms with van der Waals surface area (Å²) < 4.78 is 10.2. The predicted molar refractivity (Wildman–Crippen MR) is 66.5 cm³/mol. The Morgan fingerprint density at radius 1 is 1.50 bits per heavy atom. The molecule has 4 N–H and O–H groups in total. The standard InChI is InChI=1S/C11H18N4O3/c1-17-9-6-8(14-10(12)15-9)13-7-11(16)2-4-18-5-3-11/h6,16H,2-5,7H2,1H3,(H3,12,13,14,15). The number of nitrogens with zero attached hydrogens (tertiary/aromatic N) is 2. The monoisotopic (exact) mass is 254 g/mol. The van der Waals surface area contributed by atoms with Gasteiger partial charge in [-0.05, 0) is 0 Å². The van der Waals surface area contributed by atoms with E-state index in [1.54, 1.807) is 6.07 Å². The highest BCUT2D eigenvalue weighted by Gasteiger charge is 2.29. The third-order valence-corrected chi connectivity index (χ3v) is 2.95. The lowest BCUT2D eigenvalue weighted by atomic mass is 9.94. The third kappa shape index (κ3) is 3.21. The quantitative estimate of drug-likeness (QED) is 0.696. The molecular formula is C11H18N4O3. The van der Waals surface area contributed by atoms with Crippen molar-refractivity contribution in [3.63, 3.8) is 0 Å². The summed E-state index contributed by atoms with van der Waals surface area (Å²) in [6.07, 6.45) is 1.22. The van der Waals surface area contributed by atoms with Crippen LogP contribution in [0, 0.1) is 0 Å². The number of nitrogens with one attached hydrogen (secondary N) is 1. The number of nitrogens with two attached hydrogens (primary N) is 1. The van der Waals surface area contributed by atoms with Gasteiger partial charge in [0, 0.05) is 38.7 Å². The summed E-state index contributed by atoms with van der Waals surface area (Å²) in [5.74, 6) is 1.07. The molecule has 0 bridgehead atoms. The number of anilines is 2. The van der Waals surface area contributed by atoms with Crippen LogP contribution >= 0.6 is 0 Å². The van der Waals surface area contributed by atoms with Gasteiger partial charge in [-0.1, -0.05) is 0 Å². The predicted octanol–water partition coefficient (Wildman–Crippen LogP) is 0.0208. The van der Waals surface area contributed by atoms with Crippen molar-refractivity contribution in [3.8, 4) is 5.88 Å². The topological polar surface area (TPSA) is 103 Å². The van der Waals surface area contributed by atoms with Gasteiger partial charge in [0.25, 0.3) is 0 Å². The molecule has 1 fully saturated rings. The van der Waals surface area contributed by atoms with Crippen LogP contribution in [0.15, 0.2) is 6.07 Å². The number of ether oxygens (including phenoxy) is 2. The van der Waals surface area contributed by atoms with E-state index in [9.17, 15) is 5.11 Å². The van der Waals surface area contributed by atoms with Gasteiger partial charge in [0.15, 0.2) is 0 Å². The molecule has 0 spiro atoms. The van der Waals surface area contributed by atoms with Gasteiger partial charge in [-0.15, -0.1) is 0 Å². The number of aliphatic hydroxyl groups is 1. The molecular weight excluding hydrogens is 236 g/mol. The zero-order valence-corrected chi connectivity index (χ0v) is 10.3. The second-order valence-electron chi connectivity index (χ2n) is 4.34. The van der Waals surface area contributed by atoms with Crippen LogP contribution in [0.5, 0.6) is 5.88 Å². The maximum Gasteiger partial charge on any atom is 0.225 e. The van der Waals surface area contributed by atoms with Gasteiger partial charge in [-0.25, -0.2) is 0 Å². The highest BCUT2D eigenvalue weighted by molar-refractivity contribution is 5.43. The molecule has 1 aliphatic heterocycles. The number of aromatic nitrogens is 2. The van der Waals surface area contributed by atoms with Crippen LogP contribution in [0.4, 0.5) is 11.8 Å². The Morgan fingerprint density at radius 3 is 2.89 bits per heavy atom. The maximum atomic E-state index is 10.3. The van der Waals surface area contributed by atoms with Crippen LogP contribution in [0.2, 0.25) is 0 Å². The first-order chi connectivity index (χ1) is 8.61. The Balaban J connectivity index is 1.98. The average molecular weight is 254 g/mol. The summed E-state index contributed by atoms with van der Waals surface area (Å²) >= 11 is 0. The molecule has 1 saturated heterocycles. The van der Waals surface area contributed by atoms with Crippen molar-refractivity contribution >= 4 is 11.8 Å². The Kier molecular flexibility index (Phi) is 3.83. The molecule has 100 valence electrons. The van der Waals surface area contributed by atoms with Gasteiger partial charge in [0.2, 0.25) is 11.8 Å². The lowest BCUT2D eigenvalue weighted by Gasteiger charge is -2.32. The molecule has 0 aromatic carbocycles. The molecule has 2 heterocycles. The third-order valence-electron chi connectivity index (χ3n) is 2.95. The summed E-state index contributed by atoms with van der Waals surface area (Å²) in [4.78, 5) is 7.92. The molecule has 18 heavy (non-hydrogen) atoms. The van der Waals surface area contributed by atoms with Gasteiger partial charge in [0.1, 0.15) is 5.82 Å². The van der Waals surface area contributed by atoms with E-state index in [0.29, 0.717) is 44.3 Å². The van der Waals surface area contributed by atoms with Crippen LogP contribution in [-0.2, 0) is 4.74 Å². The van der Waals surface area contributed by atoms with Crippen molar-refractivity contribution in [1.29, 1.82) is 0 Å². The molecule has 1 aromatic rings. The van der Waals surface area contributed by atoms with E-state index in [2.05, 4.69) is 15.3 Å². The minimum atomic E-state index is -0.759. The highest BCUT2D eigenvalue weighted by Crippen LogP contribution is 2.21. The number of hydrogen-bond donors (Lipinski definition) is 3. The van der Waals surface area contributed by atoms with Crippen LogP contribution in [0.3, 0.4) is 0 Å². The number of nitrogen functional groups attached to an aromatic ring is 1. The lowest BCUT2D eigenvalue weighted by Crippen LogP contribution is -2.42. The summed E-state index contributed by atoms with van der Waals surface area (Å²) in [5.41, 5.74) is 4.79. The van der Waals surface area contributed by atoms with Crippen LogP contribution < -0.4 is 15.8 Å². The van der Waals surface area contributed by atoms with Crippen LogP contribution in [0.25, 0.3) is 0 Å². The SMILES string of the molecule is COc1cc(NCC2(O)CCOCC2)nc(N)n1. The summed E-state index contributed by atoms with van der Waals surface area (Å²) in [7, 11) is 1.51. The fourth-order valence-corrected chi connectivity index (χ4v) is 1.82. The molecule has 0 aliphatic carbocycles. The average Bonchev–Trinajstić information content (AvgIpc) is 2.37. The molecule has 1 aliphatic rings. The van der Waals surface area contributed by atoms with E-state index in [0.717, 1.165) is 0 Å². The van der Waals surface area contributed by atoms with E-state index < -0.39 is 5.60 Å². The summed E-state index contributed by atoms with van der Waals surface area (Å²) in [5, 5.41) is 13.3. The van der Waals surface area contributed by atoms with E-state index in [4.69, 9.17) is 15.2 Å². The van der Waals surface area contributed by atoms with Gasteiger partial charge >= 0.3 is 0 Å². The Bertz CT molecular complexity index is 407. The molecule has 2 rings (SSSR count).